The van der Waals surface area contributed by atoms with Crippen molar-refractivity contribution in [2.75, 3.05) is 12.3 Å². The van der Waals surface area contributed by atoms with Gasteiger partial charge in [-0.15, -0.1) is 11.8 Å². The highest BCUT2D eigenvalue weighted by Crippen LogP contribution is 2.53. The van der Waals surface area contributed by atoms with Crippen molar-refractivity contribution >= 4 is 23.4 Å². The third-order valence-corrected chi connectivity index (χ3v) is 7.66. The fourth-order valence-corrected chi connectivity index (χ4v) is 6.46. The van der Waals surface area contributed by atoms with Gasteiger partial charge in [0.1, 0.15) is 6.10 Å². The molecule has 4 rings (SSSR count). The molecule has 1 spiro atoms. The normalized spacial score (nSPS) is 36.2. The Labute approximate surface area is 149 Å². The monoisotopic (exact) mass is 345 g/mol. The summed E-state index contributed by atoms with van der Waals surface area (Å²) in [7, 11) is 0. The maximum atomic E-state index is 12.9. The van der Waals surface area contributed by atoms with Gasteiger partial charge in [0.15, 0.2) is 0 Å². The van der Waals surface area contributed by atoms with Crippen molar-refractivity contribution in [3.8, 4) is 0 Å². The molecule has 2 aliphatic heterocycles. The van der Waals surface area contributed by atoms with E-state index in [4.69, 9.17) is 9.73 Å². The molecule has 4 heteroatoms. The molecule has 3 unspecified atom stereocenters. The Hall–Kier alpha value is -1.03. The molecule has 1 saturated carbocycles. The summed E-state index contributed by atoms with van der Waals surface area (Å²) in [6.45, 7) is 0.841. The minimum absolute atomic E-state index is 0.0297. The molecule has 3 nitrogen and oxygen atoms in total. The Morgan fingerprint density at radius 2 is 1.92 bits per heavy atom. The first kappa shape index (κ1) is 16.4. The van der Waals surface area contributed by atoms with Gasteiger partial charge in [-0.3, -0.25) is 9.79 Å². The number of hydrogen-bond donors (Lipinski definition) is 0. The maximum absolute atomic E-state index is 12.9. The van der Waals surface area contributed by atoms with Gasteiger partial charge in [0.05, 0.1) is 16.4 Å². The van der Waals surface area contributed by atoms with E-state index in [9.17, 15) is 4.79 Å². The number of rotatable bonds is 2. The molecule has 0 N–H and O–H groups in total. The lowest BCUT2D eigenvalue weighted by Gasteiger charge is -2.38. The fraction of sp³-hybridized carbons (Fsp3) is 0.700. The Morgan fingerprint density at radius 3 is 2.75 bits per heavy atom. The number of esters is 1. The van der Waals surface area contributed by atoms with E-state index in [1.807, 2.05) is 11.8 Å². The van der Waals surface area contributed by atoms with E-state index in [-0.39, 0.29) is 22.7 Å². The average Bonchev–Trinajstić information content (AvgIpc) is 2.95. The van der Waals surface area contributed by atoms with Gasteiger partial charge in [-0.2, -0.15) is 0 Å². The molecule has 0 aromatic heterocycles. The molecule has 0 bridgehead atoms. The van der Waals surface area contributed by atoms with Gasteiger partial charge in [-0.25, -0.2) is 0 Å². The molecule has 130 valence electrons. The highest BCUT2D eigenvalue weighted by molar-refractivity contribution is 8.02. The van der Waals surface area contributed by atoms with E-state index in [0.717, 1.165) is 37.3 Å². The number of ether oxygens (including phenoxy) is 1. The summed E-state index contributed by atoms with van der Waals surface area (Å²) in [4.78, 5) is 17.6. The van der Waals surface area contributed by atoms with Crippen molar-refractivity contribution in [1.29, 1.82) is 0 Å². The summed E-state index contributed by atoms with van der Waals surface area (Å²) >= 11 is 1.89. The molecule has 0 aromatic rings. The first-order chi connectivity index (χ1) is 11.8. The van der Waals surface area contributed by atoms with Crippen LogP contribution in [0.1, 0.15) is 51.4 Å². The Bertz CT molecular complexity index is 574. The molecule has 2 aliphatic carbocycles. The summed E-state index contributed by atoms with van der Waals surface area (Å²) < 4.78 is 5.93. The minimum atomic E-state index is -0.0718. The average molecular weight is 346 g/mol. The van der Waals surface area contributed by atoms with Crippen molar-refractivity contribution < 1.29 is 9.53 Å². The first-order valence-electron chi connectivity index (χ1n) is 9.55. The summed E-state index contributed by atoms with van der Waals surface area (Å²) in [5.74, 6) is 1.30. The van der Waals surface area contributed by atoms with Crippen molar-refractivity contribution in [3.63, 3.8) is 0 Å². The van der Waals surface area contributed by atoms with E-state index in [1.54, 1.807) is 0 Å². The molecule has 4 aliphatic rings. The Morgan fingerprint density at radius 1 is 1.12 bits per heavy atom. The standard InChI is InChI=1S/C20H27NO2S/c22-19(23-15-8-4-2-1-3-5-9-15)16-14-24-20-12-7-6-10-18(20)21-13-11-17(16)20/h6-7,10,12,15-17H,1-5,8-9,11,13-14H2. The van der Waals surface area contributed by atoms with Crippen LogP contribution in [0.25, 0.3) is 0 Å². The number of allylic oxidation sites excluding steroid dienone is 3. The van der Waals surface area contributed by atoms with Crippen LogP contribution in [0.15, 0.2) is 29.3 Å². The molecule has 24 heavy (non-hydrogen) atoms. The maximum Gasteiger partial charge on any atom is 0.310 e. The highest BCUT2D eigenvalue weighted by Gasteiger charge is 2.54. The SMILES string of the molecule is O=C(OC1CCCCCCC1)C1CSC23C=CC=CC2=NCCC13. The number of aliphatic imine (C=N–C) groups is 1. The van der Waals surface area contributed by atoms with Gasteiger partial charge in [0.25, 0.3) is 0 Å². The smallest absolute Gasteiger partial charge is 0.310 e. The molecular formula is C20H27NO2S. The van der Waals surface area contributed by atoms with E-state index >= 15 is 0 Å². The molecular weight excluding hydrogens is 318 g/mol. The van der Waals surface area contributed by atoms with Crippen LogP contribution in [0.2, 0.25) is 0 Å². The van der Waals surface area contributed by atoms with Crippen LogP contribution in [-0.2, 0) is 9.53 Å². The van der Waals surface area contributed by atoms with Crippen LogP contribution in [-0.4, -0.2) is 34.8 Å². The van der Waals surface area contributed by atoms with Crippen LogP contribution in [0.5, 0.6) is 0 Å². The quantitative estimate of drug-likeness (QED) is 0.699. The number of hydrogen-bond acceptors (Lipinski definition) is 4. The third-order valence-electron chi connectivity index (χ3n) is 6.01. The second-order valence-corrected chi connectivity index (χ2v) is 8.79. The predicted molar refractivity (Wildman–Crippen MR) is 99.6 cm³/mol. The topological polar surface area (TPSA) is 38.7 Å². The highest BCUT2D eigenvalue weighted by atomic mass is 32.2. The van der Waals surface area contributed by atoms with Gasteiger partial charge in [-0.05, 0) is 44.1 Å². The van der Waals surface area contributed by atoms with Gasteiger partial charge in [0.2, 0.25) is 0 Å². The van der Waals surface area contributed by atoms with Gasteiger partial charge >= 0.3 is 5.97 Å². The Balaban J connectivity index is 1.45. The molecule has 3 atom stereocenters. The van der Waals surface area contributed by atoms with Crippen molar-refractivity contribution in [2.24, 2.45) is 16.8 Å². The number of thioether (sulfide) groups is 1. The number of carbonyl (C=O) groups is 1. The van der Waals surface area contributed by atoms with Gasteiger partial charge in [-0.1, -0.05) is 37.5 Å². The molecule has 2 heterocycles. The molecule has 1 saturated heterocycles. The van der Waals surface area contributed by atoms with E-state index in [1.165, 1.54) is 32.1 Å². The minimum Gasteiger partial charge on any atom is -0.462 e. The third kappa shape index (κ3) is 2.98. The first-order valence-corrected chi connectivity index (χ1v) is 10.5. The van der Waals surface area contributed by atoms with Crippen LogP contribution in [0.4, 0.5) is 0 Å². The van der Waals surface area contributed by atoms with Gasteiger partial charge in [0, 0.05) is 12.3 Å². The van der Waals surface area contributed by atoms with Crippen molar-refractivity contribution in [1.82, 2.24) is 0 Å². The molecule has 2 fully saturated rings. The second-order valence-electron chi connectivity index (χ2n) is 7.49. The van der Waals surface area contributed by atoms with Crippen molar-refractivity contribution in [3.05, 3.63) is 24.3 Å². The van der Waals surface area contributed by atoms with E-state index < -0.39 is 0 Å². The van der Waals surface area contributed by atoms with Gasteiger partial charge < -0.3 is 4.74 Å². The van der Waals surface area contributed by atoms with Crippen molar-refractivity contribution in [2.45, 2.75) is 62.2 Å². The predicted octanol–water partition coefficient (Wildman–Crippen LogP) is 4.33. The van der Waals surface area contributed by atoms with Crippen LogP contribution < -0.4 is 0 Å². The lowest BCUT2D eigenvalue weighted by molar-refractivity contribution is -0.156. The van der Waals surface area contributed by atoms with Crippen LogP contribution in [0, 0.1) is 11.8 Å². The fourth-order valence-electron chi connectivity index (χ4n) is 4.68. The lowest BCUT2D eigenvalue weighted by Crippen LogP contribution is -2.45. The zero-order valence-electron chi connectivity index (χ0n) is 14.3. The molecule has 0 radical (unpaired) electrons. The zero-order valence-corrected chi connectivity index (χ0v) is 15.1. The summed E-state index contributed by atoms with van der Waals surface area (Å²) in [5, 5.41) is 0. The largest absolute Gasteiger partial charge is 0.462 e. The second kappa shape index (κ2) is 7.07. The zero-order chi connectivity index (χ0) is 16.4. The van der Waals surface area contributed by atoms with E-state index in [2.05, 4.69) is 24.3 Å². The molecule has 0 amide bonds. The summed E-state index contributed by atoms with van der Waals surface area (Å²) in [6, 6.07) is 0. The molecule has 0 aromatic carbocycles. The van der Waals surface area contributed by atoms with E-state index in [0.29, 0.717) is 5.92 Å². The summed E-state index contributed by atoms with van der Waals surface area (Å²) in [6.07, 6.45) is 18.2. The number of nitrogens with zero attached hydrogens (tertiary/aromatic N) is 1. The summed E-state index contributed by atoms with van der Waals surface area (Å²) in [5.41, 5.74) is 1.16. The number of carbonyl (C=O) groups excluding carboxylic acids is 1. The lowest BCUT2D eigenvalue weighted by atomic mass is 9.74. The van der Waals surface area contributed by atoms with Crippen LogP contribution in [0.3, 0.4) is 0 Å². The Kier molecular flexibility index (Phi) is 4.84. The van der Waals surface area contributed by atoms with Crippen LogP contribution >= 0.6 is 11.8 Å².